The van der Waals surface area contributed by atoms with Crippen LogP contribution in [0.3, 0.4) is 0 Å². The van der Waals surface area contributed by atoms with E-state index in [0.29, 0.717) is 15.6 Å². The van der Waals surface area contributed by atoms with Gasteiger partial charge in [0.2, 0.25) is 5.78 Å². The molecule has 0 aromatic heterocycles. The third-order valence-electron chi connectivity index (χ3n) is 2.59. The molecule has 0 aliphatic rings. The van der Waals surface area contributed by atoms with Crippen LogP contribution in [0, 0.1) is 0 Å². The third kappa shape index (κ3) is 3.77. The Morgan fingerprint density at radius 1 is 0.950 bits per heavy atom. The van der Waals surface area contributed by atoms with Gasteiger partial charge in [-0.2, -0.15) is 0 Å². The van der Waals surface area contributed by atoms with Gasteiger partial charge in [-0.3, -0.25) is 4.79 Å². The molecule has 0 heterocycles. The standard InChI is InChI=1S/C15H10Br2O3/c16-11-7-5-10(6-8-11)15(19)20-9-14(18)12-3-1-2-4-13(12)17/h1-8H,9H2. The second-order valence-electron chi connectivity index (χ2n) is 3.99. The van der Waals surface area contributed by atoms with Gasteiger partial charge in [-0.25, -0.2) is 4.79 Å². The summed E-state index contributed by atoms with van der Waals surface area (Å²) in [6.45, 7) is -0.280. The first-order chi connectivity index (χ1) is 9.58. The summed E-state index contributed by atoms with van der Waals surface area (Å²) in [5.41, 5.74) is 0.907. The van der Waals surface area contributed by atoms with Crippen molar-refractivity contribution in [1.29, 1.82) is 0 Å². The van der Waals surface area contributed by atoms with Crippen molar-refractivity contribution in [2.24, 2.45) is 0 Å². The molecule has 0 bridgehead atoms. The highest BCUT2D eigenvalue weighted by molar-refractivity contribution is 9.10. The fraction of sp³-hybridized carbons (Fsp3) is 0.0667. The van der Waals surface area contributed by atoms with Crippen LogP contribution in [0.1, 0.15) is 20.7 Å². The van der Waals surface area contributed by atoms with Crippen molar-refractivity contribution in [3.8, 4) is 0 Å². The molecule has 0 spiro atoms. The van der Waals surface area contributed by atoms with E-state index >= 15 is 0 Å². The van der Waals surface area contributed by atoms with Gasteiger partial charge < -0.3 is 4.74 Å². The minimum absolute atomic E-state index is 0.247. The Balaban J connectivity index is 1.99. The Kier molecular flexibility index (Phi) is 5.09. The summed E-state index contributed by atoms with van der Waals surface area (Å²) in [7, 11) is 0. The molecule has 20 heavy (non-hydrogen) atoms. The Hall–Kier alpha value is -1.46. The summed E-state index contributed by atoms with van der Waals surface area (Å²) >= 11 is 6.57. The van der Waals surface area contributed by atoms with Gasteiger partial charge >= 0.3 is 5.97 Å². The minimum atomic E-state index is -0.516. The predicted octanol–water partition coefficient (Wildman–Crippen LogP) is 4.25. The molecule has 0 atom stereocenters. The molecule has 0 aliphatic carbocycles. The van der Waals surface area contributed by atoms with Gasteiger partial charge in [-0.1, -0.05) is 50.1 Å². The van der Waals surface area contributed by atoms with Crippen LogP contribution in [0.25, 0.3) is 0 Å². The number of esters is 1. The summed E-state index contributed by atoms with van der Waals surface area (Å²) in [6, 6.07) is 13.8. The first-order valence-corrected chi connectivity index (χ1v) is 7.37. The maximum Gasteiger partial charge on any atom is 0.338 e. The number of ketones is 1. The van der Waals surface area contributed by atoms with Gasteiger partial charge in [0.25, 0.3) is 0 Å². The first-order valence-electron chi connectivity index (χ1n) is 5.78. The Bertz CT molecular complexity index is 636. The molecule has 0 saturated carbocycles. The third-order valence-corrected chi connectivity index (χ3v) is 3.81. The van der Waals surface area contributed by atoms with Crippen LogP contribution in [0.4, 0.5) is 0 Å². The number of carbonyl (C=O) groups excluding carboxylic acids is 2. The van der Waals surface area contributed by atoms with Crippen LogP contribution in [0.5, 0.6) is 0 Å². The molecule has 2 rings (SSSR count). The van der Waals surface area contributed by atoms with E-state index in [1.807, 2.05) is 6.07 Å². The quantitative estimate of drug-likeness (QED) is 0.572. The van der Waals surface area contributed by atoms with E-state index in [4.69, 9.17) is 4.74 Å². The molecule has 0 saturated heterocycles. The van der Waals surface area contributed by atoms with Crippen molar-refractivity contribution in [3.63, 3.8) is 0 Å². The molecule has 0 aliphatic heterocycles. The van der Waals surface area contributed by atoms with E-state index < -0.39 is 5.97 Å². The molecule has 0 radical (unpaired) electrons. The zero-order chi connectivity index (χ0) is 14.5. The minimum Gasteiger partial charge on any atom is -0.454 e. The highest BCUT2D eigenvalue weighted by atomic mass is 79.9. The molecular formula is C15H10Br2O3. The molecule has 0 N–H and O–H groups in total. The number of hydrogen-bond acceptors (Lipinski definition) is 3. The molecule has 102 valence electrons. The Labute approximate surface area is 133 Å². The molecule has 0 unspecified atom stereocenters. The first kappa shape index (κ1) is 14.9. The van der Waals surface area contributed by atoms with Crippen LogP contribution in [-0.2, 0) is 4.74 Å². The SMILES string of the molecule is O=C(OCC(=O)c1ccccc1Br)c1ccc(Br)cc1. The normalized spacial score (nSPS) is 10.1. The zero-order valence-corrected chi connectivity index (χ0v) is 13.5. The number of rotatable bonds is 4. The summed E-state index contributed by atoms with van der Waals surface area (Å²) in [4.78, 5) is 23.7. The summed E-state index contributed by atoms with van der Waals surface area (Å²) < 4.78 is 6.57. The van der Waals surface area contributed by atoms with Crippen molar-refractivity contribution in [1.82, 2.24) is 0 Å². The van der Waals surface area contributed by atoms with Gasteiger partial charge in [0.1, 0.15) is 0 Å². The molecule has 2 aromatic rings. The highest BCUT2D eigenvalue weighted by Crippen LogP contribution is 2.17. The van der Waals surface area contributed by atoms with Crippen LogP contribution in [0.2, 0.25) is 0 Å². The topological polar surface area (TPSA) is 43.4 Å². The van der Waals surface area contributed by atoms with E-state index in [2.05, 4.69) is 31.9 Å². The Morgan fingerprint density at radius 2 is 1.60 bits per heavy atom. The van der Waals surface area contributed by atoms with E-state index in [9.17, 15) is 9.59 Å². The van der Waals surface area contributed by atoms with Crippen LogP contribution in [-0.4, -0.2) is 18.4 Å². The van der Waals surface area contributed by atoms with Crippen LogP contribution in [0.15, 0.2) is 57.5 Å². The molecular weight excluding hydrogens is 388 g/mol. The molecule has 3 nitrogen and oxygen atoms in total. The van der Waals surface area contributed by atoms with Crippen LogP contribution < -0.4 is 0 Å². The fourth-order valence-electron chi connectivity index (χ4n) is 1.57. The number of benzene rings is 2. The summed E-state index contributed by atoms with van der Waals surface area (Å²) in [6.07, 6.45) is 0. The fourth-order valence-corrected chi connectivity index (χ4v) is 2.34. The lowest BCUT2D eigenvalue weighted by molar-refractivity contribution is 0.0474. The number of halogens is 2. The lowest BCUT2D eigenvalue weighted by Crippen LogP contribution is -2.14. The van der Waals surface area contributed by atoms with E-state index in [1.54, 1.807) is 42.5 Å². The Morgan fingerprint density at radius 3 is 2.25 bits per heavy atom. The van der Waals surface area contributed by atoms with Crippen molar-refractivity contribution in [2.45, 2.75) is 0 Å². The molecule has 0 amide bonds. The summed E-state index contributed by atoms with van der Waals surface area (Å²) in [5.74, 6) is -0.763. The second-order valence-corrected chi connectivity index (χ2v) is 5.76. The van der Waals surface area contributed by atoms with Crippen LogP contribution >= 0.6 is 31.9 Å². The predicted molar refractivity (Wildman–Crippen MR) is 82.9 cm³/mol. The summed E-state index contributed by atoms with van der Waals surface area (Å²) in [5, 5.41) is 0. The molecule has 5 heteroatoms. The lowest BCUT2D eigenvalue weighted by Gasteiger charge is -2.05. The van der Waals surface area contributed by atoms with Gasteiger partial charge in [0.15, 0.2) is 6.61 Å². The van der Waals surface area contributed by atoms with Crippen molar-refractivity contribution in [2.75, 3.05) is 6.61 Å². The molecule has 2 aromatic carbocycles. The van der Waals surface area contributed by atoms with Crippen molar-refractivity contribution < 1.29 is 14.3 Å². The largest absolute Gasteiger partial charge is 0.454 e. The monoisotopic (exact) mass is 396 g/mol. The van der Waals surface area contributed by atoms with E-state index in [0.717, 1.165) is 4.47 Å². The maximum atomic E-state index is 11.9. The van der Waals surface area contributed by atoms with Gasteiger partial charge in [0.05, 0.1) is 5.56 Å². The maximum absolute atomic E-state index is 11.9. The second kappa shape index (κ2) is 6.81. The van der Waals surface area contributed by atoms with Gasteiger partial charge in [0, 0.05) is 14.5 Å². The zero-order valence-electron chi connectivity index (χ0n) is 10.3. The van der Waals surface area contributed by atoms with Crippen molar-refractivity contribution in [3.05, 3.63) is 68.6 Å². The average Bonchev–Trinajstić information content (AvgIpc) is 2.45. The average molecular weight is 398 g/mol. The number of Topliss-reactive ketones (excluding diaryl/α,β-unsaturated/α-hetero) is 1. The number of carbonyl (C=O) groups is 2. The number of ether oxygens (including phenoxy) is 1. The van der Waals surface area contributed by atoms with E-state index in [1.165, 1.54) is 0 Å². The smallest absolute Gasteiger partial charge is 0.338 e. The van der Waals surface area contributed by atoms with Gasteiger partial charge in [-0.15, -0.1) is 0 Å². The number of hydrogen-bond donors (Lipinski definition) is 0. The van der Waals surface area contributed by atoms with Gasteiger partial charge in [-0.05, 0) is 30.3 Å². The van der Waals surface area contributed by atoms with Crippen molar-refractivity contribution >= 4 is 43.6 Å². The lowest BCUT2D eigenvalue weighted by atomic mass is 10.1. The molecule has 0 fully saturated rings. The van der Waals surface area contributed by atoms with E-state index in [-0.39, 0.29) is 12.4 Å². The highest BCUT2D eigenvalue weighted by Gasteiger charge is 2.13.